The fourth-order valence-electron chi connectivity index (χ4n) is 1.92. The van der Waals surface area contributed by atoms with Gasteiger partial charge in [-0.3, -0.25) is 0 Å². The molecule has 12 heavy (non-hydrogen) atoms. The van der Waals surface area contributed by atoms with E-state index in [1.807, 2.05) is 0 Å². The van der Waals surface area contributed by atoms with Crippen LogP contribution in [0.15, 0.2) is 0 Å². The van der Waals surface area contributed by atoms with Crippen LogP contribution in [-0.2, 0) is 0 Å². The van der Waals surface area contributed by atoms with Crippen molar-refractivity contribution in [1.29, 1.82) is 0 Å². The van der Waals surface area contributed by atoms with Crippen LogP contribution in [-0.4, -0.2) is 48.3 Å². The number of aliphatic hydroxyl groups excluding tert-OH is 1. The topological polar surface area (TPSA) is 35.5 Å². The van der Waals surface area contributed by atoms with Gasteiger partial charge in [0.15, 0.2) is 0 Å². The average molecular weight is 172 g/mol. The van der Waals surface area contributed by atoms with Crippen LogP contribution in [0.25, 0.3) is 0 Å². The molecule has 0 saturated carbocycles. The molecular formula is C9H20N2O. The molecule has 0 bridgehead atoms. The Morgan fingerprint density at radius 3 is 2.42 bits per heavy atom. The number of rotatable bonds is 3. The van der Waals surface area contributed by atoms with Gasteiger partial charge in [-0.1, -0.05) is 0 Å². The van der Waals surface area contributed by atoms with E-state index in [-0.39, 0.29) is 0 Å². The van der Waals surface area contributed by atoms with Crippen molar-refractivity contribution in [3.8, 4) is 0 Å². The number of aliphatic hydroxyl groups is 1. The minimum atomic E-state index is 0.312. The highest BCUT2D eigenvalue weighted by Crippen LogP contribution is 2.03. The van der Waals surface area contributed by atoms with Gasteiger partial charge in [-0.15, -0.1) is 0 Å². The zero-order valence-corrected chi connectivity index (χ0v) is 8.08. The molecule has 1 rings (SSSR count). The van der Waals surface area contributed by atoms with Crippen molar-refractivity contribution in [2.75, 3.05) is 26.2 Å². The van der Waals surface area contributed by atoms with E-state index in [1.54, 1.807) is 0 Å². The van der Waals surface area contributed by atoms with E-state index in [0.29, 0.717) is 18.7 Å². The van der Waals surface area contributed by atoms with E-state index in [9.17, 15) is 0 Å². The second-order valence-electron chi connectivity index (χ2n) is 3.81. The molecule has 3 heteroatoms. The van der Waals surface area contributed by atoms with Crippen LogP contribution in [0.4, 0.5) is 0 Å². The van der Waals surface area contributed by atoms with Crippen molar-refractivity contribution in [1.82, 2.24) is 10.2 Å². The summed E-state index contributed by atoms with van der Waals surface area (Å²) in [6, 6.07) is 1.18. The van der Waals surface area contributed by atoms with Crippen LogP contribution in [0.1, 0.15) is 20.3 Å². The lowest BCUT2D eigenvalue weighted by Crippen LogP contribution is -2.54. The van der Waals surface area contributed by atoms with Crippen LogP contribution in [0.5, 0.6) is 0 Å². The fourth-order valence-corrected chi connectivity index (χ4v) is 1.92. The molecule has 0 aromatic heterocycles. The van der Waals surface area contributed by atoms with E-state index in [1.165, 1.54) is 0 Å². The molecule has 0 spiro atoms. The summed E-state index contributed by atoms with van der Waals surface area (Å²) in [4.78, 5) is 2.42. The van der Waals surface area contributed by atoms with Crippen molar-refractivity contribution < 1.29 is 5.11 Å². The number of piperazine rings is 1. The zero-order valence-electron chi connectivity index (χ0n) is 8.08. The molecule has 0 amide bonds. The van der Waals surface area contributed by atoms with E-state index < -0.39 is 0 Å². The lowest BCUT2D eigenvalue weighted by molar-refractivity contribution is 0.158. The first kappa shape index (κ1) is 9.96. The zero-order chi connectivity index (χ0) is 8.97. The van der Waals surface area contributed by atoms with Gasteiger partial charge >= 0.3 is 0 Å². The minimum absolute atomic E-state index is 0.312. The summed E-state index contributed by atoms with van der Waals surface area (Å²) in [7, 11) is 0. The number of hydrogen-bond donors (Lipinski definition) is 2. The molecule has 2 unspecified atom stereocenters. The van der Waals surface area contributed by atoms with E-state index in [4.69, 9.17) is 5.11 Å². The lowest BCUT2D eigenvalue weighted by Gasteiger charge is -2.36. The van der Waals surface area contributed by atoms with Gasteiger partial charge in [0.25, 0.3) is 0 Å². The Bertz CT molecular complexity index is 120. The largest absolute Gasteiger partial charge is 0.396 e. The molecule has 1 aliphatic rings. The lowest BCUT2D eigenvalue weighted by atomic mass is 10.1. The van der Waals surface area contributed by atoms with Crippen LogP contribution < -0.4 is 5.32 Å². The molecule has 1 aliphatic heterocycles. The van der Waals surface area contributed by atoms with E-state index in [0.717, 1.165) is 26.1 Å². The molecule has 0 aliphatic carbocycles. The van der Waals surface area contributed by atoms with Crippen molar-refractivity contribution in [3.63, 3.8) is 0 Å². The van der Waals surface area contributed by atoms with Gasteiger partial charge in [0.2, 0.25) is 0 Å². The minimum Gasteiger partial charge on any atom is -0.396 e. The molecule has 0 aromatic carbocycles. The summed E-state index contributed by atoms with van der Waals surface area (Å²) in [5.41, 5.74) is 0. The molecule has 3 nitrogen and oxygen atoms in total. The van der Waals surface area contributed by atoms with Crippen LogP contribution in [0.3, 0.4) is 0 Å². The van der Waals surface area contributed by atoms with Gasteiger partial charge in [-0.05, 0) is 20.3 Å². The maximum atomic E-state index is 8.69. The third-order valence-electron chi connectivity index (χ3n) is 2.27. The SMILES string of the molecule is CC1CN(CCCO)CC(C)N1. The van der Waals surface area contributed by atoms with Crippen LogP contribution >= 0.6 is 0 Å². The molecule has 72 valence electrons. The molecule has 1 fully saturated rings. The maximum Gasteiger partial charge on any atom is 0.0443 e. The van der Waals surface area contributed by atoms with Crippen molar-refractivity contribution in [2.45, 2.75) is 32.4 Å². The number of hydrogen-bond acceptors (Lipinski definition) is 3. The van der Waals surface area contributed by atoms with Gasteiger partial charge in [-0.2, -0.15) is 0 Å². The van der Waals surface area contributed by atoms with Gasteiger partial charge in [0.05, 0.1) is 0 Å². The monoisotopic (exact) mass is 172 g/mol. The van der Waals surface area contributed by atoms with Gasteiger partial charge in [-0.25, -0.2) is 0 Å². The second kappa shape index (κ2) is 4.80. The Morgan fingerprint density at radius 2 is 1.92 bits per heavy atom. The Hall–Kier alpha value is -0.120. The smallest absolute Gasteiger partial charge is 0.0443 e. The Morgan fingerprint density at radius 1 is 1.33 bits per heavy atom. The normalized spacial score (nSPS) is 32.2. The number of nitrogens with zero attached hydrogens (tertiary/aromatic N) is 1. The van der Waals surface area contributed by atoms with Gasteiger partial charge in [0.1, 0.15) is 0 Å². The summed E-state index contributed by atoms with van der Waals surface area (Å²) < 4.78 is 0. The Kier molecular flexibility index (Phi) is 3.98. The molecule has 2 atom stereocenters. The summed E-state index contributed by atoms with van der Waals surface area (Å²) in [5.74, 6) is 0. The fraction of sp³-hybridized carbons (Fsp3) is 1.00. The predicted molar refractivity (Wildman–Crippen MR) is 50.2 cm³/mol. The molecule has 1 saturated heterocycles. The van der Waals surface area contributed by atoms with Crippen molar-refractivity contribution >= 4 is 0 Å². The highest BCUT2D eigenvalue weighted by atomic mass is 16.3. The molecular weight excluding hydrogens is 152 g/mol. The molecule has 0 aromatic rings. The molecule has 1 heterocycles. The van der Waals surface area contributed by atoms with Crippen LogP contribution in [0.2, 0.25) is 0 Å². The third kappa shape index (κ3) is 3.09. The third-order valence-corrected chi connectivity index (χ3v) is 2.27. The van der Waals surface area contributed by atoms with Crippen molar-refractivity contribution in [2.24, 2.45) is 0 Å². The summed E-state index contributed by atoms with van der Waals surface area (Å²) >= 11 is 0. The van der Waals surface area contributed by atoms with Gasteiger partial charge < -0.3 is 15.3 Å². The van der Waals surface area contributed by atoms with Crippen molar-refractivity contribution in [3.05, 3.63) is 0 Å². The summed E-state index contributed by atoms with van der Waals surface area (Å²) in [6.45, 7) is 8.00. The number of nitrogens with one attached hydrogen (secondary N) is 1. The maximum absolute atomic E-state index is 8.69. The van der Waals surface area contributed by atoms with Crippen LogP contribution in [0, 0.1) is 0 Å². The molecule has 0 radical (unpaired) electrons. The average Bonchev–Trinajstić information content (AvgIpc) is 1.99. The predicted octanol–water partition coefficient (Wildman–Crippen LogP) is 0.0510. The van der Waals surface area contributed by atoms with E-state index >= 15 is 0 Å². The summed E-state index contributed by atoms with van der Waals surface area (Å²) in [5, 5.41) is 12.2. The highest BCUT2D eigenvalue weighted by Gasteiger charge is 2.19. The Labute approximate surface area is 74.8 Å². The van der Waals surface area contributed by atoms with E-state index in [2.05, 4.69) is 24.1 Å². The van der Waals surface area contributed by atoms with Gasteiger partial charge in [0, 0.05) is 38.3 Å². The summed E-state index contributed by atoms with van der Waals surface area (Å²) in [6.07, 6.45) is 0.902. The standard InChI is InChI=1S/C9H20N2O/c1-8-6-11(4-3-5-12)7-9(2)10-8/h8-10,12H,3-7H2,1-2H3. The quantitative estimate of drug-likeness (QED) is 0.631. The highest BCUT2D eigenvalue weighted by molar-refractivity contribution is 4.80. The second-order valence-corrected chi connectivity index (χ2v) is 3.81. The first-order valence-electron chi connectivity index (χ1n) is 4.81. The first-order chi connectivity index (χ1) is 5.72. The molecule has 2 N–H and O–H groups in total. The first-order valence-corrected chi connectivity index (χ1v) is 4.81. The Balaban J connectivity index is 2.24.